The fourth-order valence-corrected chi connectivity index (χ4v) is 2.73. The maximum absolute atomic E-state index is 5.81. The van der Waals surface area contributed by atoms with Gasteiger partial charge in [0.15, 0.2) is 0 Å². The molecule has 1 heterocycles. The number of piperazine rings is 1. The summed E-state index contributed by atoms with van der Waals surface area (Å²) in [7, 11) is 2.19. The molecule has 0 bridgehead atoms. The van der Waals surface area contributed by atoms with Crippen molar-refractivity contribution in [2.75, 3.05) is 25.0 Å². The van der Waals surface area contributed by atoms with Crippen LogP contribution in [0.1, 0.15) is 19.4 Å². The van der Waals surface area contributed by atoms with Gasteiger partial charge in [-0.3, -0.25) is 4.90 Å². The maximum Gasteiger partial charge on any atom is 0.106 e. The molecular weight excluding hydrogens is 242 g/mol. The topological polar surface area (TPSA) is 32.5 Å². The van der Waals surface area contributed by atoms with Gasteiger partial charge in [-0.05, 0) is 33.0 Å². The van der Waals surface area contributed by atoms with Crippen LogP contribution in [0.4, 0.5) is 5.69 Å². The van der Waals surface area contributed by atoms with Crippen molar-refractivity contribution in [2.24, 2.45) is 5.73 Å². The minimum absolute atomic E-state index is 0.477. The first kappa shape index (κ1) is 13.3. The SMILES string of the molecule is CC1CN(c2ccccc2C(N)=S)CC(C)N1C. The predicted octanol–water partition coefficient (Wildman–Crippen LogP) is 1.85. The molecule has 98 valence electrons. The number of hydrogen-bond acceptors (Lipinski definition) is 3. The Labute approximate surface area is 115 Å². The average Bonchev–Trinajstić information content (AvgIpc) is 2.35. The molecule has 18 heavy (non-hydrogen) atoms. The molecule has 1 aromatic carbocycles. The van der Waals surface area contributed by atoms with E-state index < -0.39 is 0 Å². The van der Waals surface area contributed by atoms with Crippen molar-refractivity contribution in [1.82, 2.24) is 4.90 Å². The van der Waals surface area contributed by atoms with E-state index in [4.69, 9.17) is 18.0 Å². The van der Waals surface area contributed by atoms with Gasteiger partial charge in [-0.15, -0.1) is 0 Å². The first-order valence-electron chi connectivity index (χ1n) is 6.36. The summed E-state index contributed by atoms with van der Waals surface area (Å²) < 4.78 is 0. The van der Waals surface area contributed by atoms with Crippen LogP contribution in [0, 0.1) is 0 Å². The van der Waals surface area contributed by atoms with E-state index in [9.17, 15) is 0 Å². The number of hydrogen-bond donors (Lipinski definition) is 1. The molecule has 1 aliphatic rings. The second kappa shape index (κ2) is 5.24. The molecule has 2 unspecified atom stereocenters. The van der Waals surface area contributed by atoms with Gasteiger partial charge in [0.05, 0.1) is 0 Å². The standard InChI is InChI=1S/C14H21N3S/c1-10-8-17(9-11(2)16(10)3)13-7-5-4-6-12(13)14(15)18/h4-7,10-11H,8-9H2,1-3H3,(H2,15,18). The monoisotopic (exact) mass is 263 g/mol. The zero-order valence-corrected chi connectivity index (χ0v) is 12.1. The van der Waals surface area contributed by atoms with Crippen LogP contribution in [0.15, 0.2) is 24.3 Å². The molecule has 0 saturated carbocycles. The summed E-state index contributed by atoms with van der Waals surface area (Å²) in [5, 5.41) is 0. The molecule has 1 aromatic rings. The lowest BCUT2D eigenvalue weighted by Crippen LogP contribution is -2.55. The fraction of sp³-hybridized carbons (Fsp3) is 0.500. The Morgan fingerprint density at radius 1 is 1.22 bits per heavy atom. The van der Waals surface area contributed by atoms with E-state index in [1.807, 2.05) is 18.2 Å². The summed E-state index contributed by atoms with van der Waals surface area (Å²) in [6, 6.07) is 9.22. The number of rotatable bonds is 2. The van der Waals surface area contributed by atoms with Crippen LogP contribution in [0.3, 0.4) is 0 Å². The second-order valence-corrected chi connectivity index (χ2v) is 5.59. The highest BCUT2D eigenvalue weighted by molar-refractivity contribution is 7.80. The summed E-state index contributed by atoms with van der Waals surface area (Å²) in [5.41, 5.74) is 7.96. The molecule has 4 heteroatoms. The van der Waals surface area contributed by atoms with Gasteiger partial charge < -0.3 is 10.6 Å². The van der Waals surface area contributed by atoms with Gasteiger partial charge in [-0.25, -0.2) is 0 Å². The third kappa shape index (κ3) is 2.49. The number of likely N-dealkylation sites (N-methyl/N-ethyl adjacent to an activating group) is 1. The van der Waals surface area contributed by atoms with E-state index in [0.717, 1.165) is 24.3 Å². The third-order valence-corrected chi connectivity index (χ3v) is 4.09. The van der Waals surface area contributed by atoms with Gasteiger partial charge >= 0.3 is 0 Å². The van der Waals surface area contributed by atoms with Crippen molar-refractivity contribution in [3.8, 4) is 0 Å². The highest BCUT2D eigenvalue weighted by Gasteiger charge is 2.27. The lowest BCUT2D eigenvalue weighted by atomic mass is 10.1. The number of nitrogens with two attached hydrogens (primary N) is 1. The normalized spacial score (nSPS) is 25.2. The van der Waals surface area contributed by atoms with Crippen molar-refractivity contribution in [3.63, 3.8) is 0 Å². The third-order valence-electron chi connectivity index (χ3n) is 3.87. The van der Waals surface area contributed by atoms with Crippen LogP contribution in [0.2, 0.25) is 0 Å². The first-order chi connectivity index (χ1) is 8.50. The zero-order valence-electron chi connectivity index (χ0n) is 11.3. The van der Waals surface area contributed by atoms with Crippen molar-refractivity contribution in [2.45, 2.75) is 25.9 Å². The second-order valence-electron chi connectivity index (χ2n) is 5.15. The van der Waals surface area contributed by atoms with E-state index in [1.165, 1.54) is 0 Å². The van der Waals surface area contributed by atoms with Crippen molar-refractivity contribution in [3.05, 3.63) is 29.8 Å². The van der Waals surface area contributed by atoms with Gasteiger partial charge in [0.25, 0.3) is 0 Å². The summed E-state index contributed by atoms with van der Waals surface area (Å²) in [4.78, 5) is 5.29. The largest absolute Gasteiger partial charge is 0.389 e. The highest BCUT2D eigenvalue weighted by atomic mass is 32.1. The Kier molecular flexibility index (Phi) is 3.88. The average molecular weight is 263 g/mol. The van der Waals surface area contributed by atoms with E-state index >= 15 is 0 Å². The number of nitrogens with zero attached hydrogens (tertiary/aromatic N) is 2. The Balaban J connectivity index is 2.30. The molecule has 2 atom stereocenters. The molecular formula is C14H21N3S. The number of anilines is 1. The molecule has 1 fully saturated rings. The minimum Gasteiger partial charge on any atom is -0.389 e. The van der Waals surface area contributed by atoms with Gasteiger partial charge in [0.2, 0.25) is 0 Å². The highest BCUT2D eigenvalue weighted by Crippen LogP contribution is 2.25. The van der Waals surface area contributed by atoms with E-state index in [0.29, 0.717) is 17.1 Å². The van der Waals surface area contributed by atoms with Crippen LogP contribution < -0.4 is 10.6 Å². The van der Waals surface area contributed by atoms with Crippen LogP contribution in [0.5, 0.6) is 0 Å². The molecule has 1 saturated heterocycles. The van der Waals surface area contributed by atoms with Crippen LogP contribution in [-0.2, 0) is 0 Å². The molecule has 0 aliphatic carbocycles. The molecule has 0 aromatic heterocycles. The Morgan fingerprint density at radius 3 is 2.33 bits per heavy atom. The van der Waals surface area contributed by atoms with Crippen molar-refractivity contribution in [1.29, 1.82) is 0 Å². The van der Waals surface area contributed by atoms with E-state index in [1.54, 1.807) is 0 Å². The van der Waals surface area contributed by atoms with Crippen molar-refractivity contribution < 1.29 is 0 Å². The molecule has 2 N–H and O–H groups in total. The molecule has 1 aliphatic heterocycles. The lowest BCUT2D eigenvalue weighted by Gasteiger charge is -2.44. The van der Waals surface area contributed by atoms with Gasteiger partial charge in [-0.1, -0.05) is 24.4 Å². The van der Waals surface area contributed by atoms with Gasteiger partial charge in [0, 0.05) is 36.4 Å². The van der Waals surface area contributed by atoms with Gasteiger partial charge in [0.1, 0.15) is 4.99 Å². The molecule has 3 nitrogen and oxygen atoms in total. The maximum atomic E-state index is 5.81. The zero-order chi connectivity index (χ0) is 13.3. The lowest BCUT2D eigenvalue weighted by molar-refractivity contribution is 0.170. The Hall–Kier alpha value is -1.13. The fourth-order valence-electron chi connectivity index (χ4n) is 2.56. The number of thiocarbonyl (C=S) groups is 1. The summed E-state index contributed by atoms with van der Waals surface area (Å²) in [6.45, 7) is 6.54. The minimum atomic E-state index is 0.477. The molecule has 2 rings (SSSR count). The van der Waals surface area contributed by atoms with Crippen LogP contribution in [0.25, 0.3) is 0 Å². The van der Waals surface area contributed by atoms with Crippen LogP contribution in [-0.4, -0.2) is 42.1 Å². The van der Waals surface area contributed by atoms with Crippen molar-refractivity contribution >= 4 is 22.9 Å². The van der Waals surface area contributed by atoms with E-state index in [-0.39, 0.29) is 0 Å². The summed E-state index contributed by atoms with van der Waals surface area (Å²) in [5.74, 6) is 0. The number of benzene rings is 1. The smallest absolute Gasteiger partial charge is 0.106 e. The molecule has 0 spiro atoms. The molecule has 0 amide bonds. The molecule has 0 radical (unpaired) electrons. The van der Waals surface area contributed by atoms with Crippen LogP contribution >= 0.6 is 12.2 Å². The Bertz CT molecular complexity index is 434. The van der Waals surface area contributed by atoms with Gasteiger partial charge in [-0.2, -0.15) is 0 Å². The number of para-hydroxylation sites is 1. The predicted molar refractivity (Wildman–Crippen MR) is 81.2 cm³/mol. The quantitative estimate of drug-likeness (QED) is 0.826. The van der Waals surface area contributed by atoms with E-state index in [2.05, 4.69) is 36.8 Å². The summed E-state index contributed by atoms with van der Waals surface area (Å²) in [6.07, 6.45) is 0. The summed E-state index contributed by atoms with van der Waals surface area (Å²) >= 11 is 5.14. The first-order valence-corrected chi connectivity index (χ1v) is 6.77. The Morgan fingerprint density at radius 2 is 1.78 bits per heavy atom.